The van der Waals surface area contributed by atoms with E-state index in [9.17, 15) is 0 Å². The Kier molecular flexibility index (Phi) is 4.11. The Morgan fingerprint density at radius 3 is 2.61 bits per heavy atom. The van der Waals surface area contributed by atoms with Crippen molar-refractivity contribution in [3.63, 3.8) is 0 Å². The number of hydrogen-bond donors (Lipinski definition) is 1. The van der Waals surface area contributed by atoms with E-state index < -0.39 is 0 Å². The van der Waals surface area contributed by atoms with Gasteiger partial charge in [0, 0.05) is 6.04 Å². The van der Waals surface area contributed by atoms with E-state index in [1.807, 2.05) is 0 Å². The first kappa shape index (κ1) is 13.6. The maximum Gasteiger partial charge on any atom is 0.0358 e. The van der Waals surface area contributed by atoms with Crippen LogP contribution < -0.4 is 5.73 Å². The second-order valence-electron chi connectivity index (χ2n) is 6.40. The minimum Gasteiger partial charge on any atom is -0.323 e. The first-order valence-corrected chi connectivity index (χ1v) is 7.42. The predicted molar refractivity (Wildman–Crippen MR) is 78.5 cm³/mol. The Morgan fingerprint density at radius 1 is 1.28 bits per heavy atom. The van der Waals surface area contributed by atoms with Gasteiger partial charge in [0.05, 0.1) is 0 Å². The summed E-state index contributed by atoms with van der Waals surface area (Å²) in [5.74, 6) is 0.773. The van der Waals surface area contributed by atoms with Crippen LogP contribution in [0.5, 0.6) is 0 Å². The quantitative estimate of drug-likeness (QED) is 0.814. The molecular weight excluding hydrogens is 218 g/mol. The lowest BCUT2D eigenvalue weighted by Gasteiger charge is -2.34. The molecular formula is C17H27N. The van der Waals surface area contributed by atoms with Crippen LogP contribution in [0.3, 0.4) is 0 Å². The van der Waals surface area contributed by atoms with Crippen LogP contribution in [0.15, 0.2) is 24.3 Å². The van der Waals surface area contributed by atoms with E-state index in [2.05, 4.69) is 45.0 Å². The Balaban J connectivity index is 2.23. The zero-order chi connectivity index (χ0) is 13.2. The maximum atomic E-state index is 6.60. The van der Waals surface area contributed by atoms with Gasteiger partial charge in [0.2, 0.25) is 0 Å². The molecule has 1 aliphatic rings. The molecule has 0 spiro atoms. The van der Waals surface area contributed by atoms with Gasteiger partial charge in [0.25, 0.3) is 0 Å². The van der Waals surface area contributed by atoms with Crippen molar-refractivity contribution in [1.29, 1.82) is 0 Å². The molecule has 0 saturated carbocycles. The number of nitrogens with two attached hydrogens (primary N) is 1. The van der Waals surface area contributed by atoms with Gasteiger partial charge >= 0.3 is 0 Å². The van der Waals surface area contributed by atoms with E-state index >= 15 is 0 Å². The summed E-state index contributed by atoms with van der Waals surface area (Å²) in [6.45, 7) is 6.91. The summed E-state index contributed by atoms with van der Waals surface area (Å²) in [7, 11) is 0. The average molecular weight is 245 g/mol. The Morgan fingerprint density at radius 2 is 2.00 bits per heavy atom. The minimum absolute atomic E-state index is 0.243. The molecule has 1 aromatic carbocycles. The summed E-state index contributed by atoms with van der Waals surface area (Å²) in [5, 5.41) is 0. The summed E-state index contributed by atoms with van der Waals surface area (Å²) in [6.07, 6.45) is 6.25. The second kappa shape index (κ2) is 5.44. The molecule has 0 bridgehead atoms. The van der Waals surface area contributed by atoms with Crippen molar-refractivity contribution < 1.29 is 0 Å². The van der Waals surface area contributed by atoms with Crippen LogP contribution in [0, 0.1) is 11.3 Å². The molecule has 1 nitrogen and oxygen atoms in total. The fourth-order valence-electron chi connectivity index (χ4n) is 3.50. The topological polar surface area (TPSA) is 26.0 Å². The molecule has 1 heteroatoms. The van der Waals surface area contributed by atoms with Crippen LogP contribution in [0.4, 0.5) is 0 Å². The van der Waals surface area contributed by atoms with E-state index in [4.69, 9.17) is 5.73 Å². The third-order valence-electron chi connectivity index (χ3n) is 4.56. The van der Waals surface area contributed by atoms with Gasteiger partial charge in [-0.3, -0.25) is 0 Å². The highest BCUT2D eigenvalue weighted by Crippen LogP contribution is 2.50. The predicted octanol–water partition coefficient (Wildman–Crippen LogP) is 4.47. The third kappa shape index (κ3) is 2.47. The fourth-order valence-corrected chi connectivity index (χ4v) is 3.50. The molecule has 0 amide bonds. The molecule has 2 N–H and O–H groups in total. The van der Waals surface area contributed by atoms with Crippen LogP contribution in [-0.4, -0.2) is 0 Å². The van der Waals surface area contributed by atoms with Crippen molar-refractivity contribution in [3.8, 4) is 0 Å². The number of benzene rings is 1. The van der Waals surface area contributed by atoms with Gasteiger partial charge in [-0.15, -0.1) is 0 Å². The molecule has 2 atom stereocenters. The maximum absolute atomic E-state index is 6.60. The fraction of sp³-hybridized carbons (Fsp3) is 0.647. The van der Waals surface area contributed by atoms with Crippen molar-refractivity contribution in [1.82, 2.24) is 0 Å². The SMILES string of the molecule is CCCC1(CCC(C)C)Cc2ccccc2C1N. The molecule has 0 fully saturated rings. The lowest BCUT2D eigenvalue weighted by atomic mass is 9.72. The molecule has 0 radical (unpaired) electrons. The summed E-state index contributed by atoms with van der Waals surface area (Å²) in [5.41, 5.74) is 9.81. The van der Waals surface area contributed by atoms with Crippen LogP contribution in [0.1, 0.15) is 63.6 Å². The molecule has 0 aromatic heterocycles. The Hall–Kier alpha value is -0.820. The van der Waals surface area contributed by atoms with Crippen molar-refractivity contribution in [2.75, 3.05) is 0 Å². The highest BCUT2D eigenvalue weighted by atomic mass is 14.7. The van der Waals surface area contributed by atoms with Crippen molar-refractivity contribution in [3.05, 3.63) is 35.4 Å². The summed E-state index contributed by atoms with van der Waals surface area (Å²) in [6, 6.07) is 9.01. The highest BCUT2D eigenvalue weighted by Gasteiger charge is 2.42. The van der Waals surface area contributed by atoms with Crippen LogP contribution >= 0.6 is 0 Å². The van der Waals surface area contributed by atoms with Crippen molar-refractivity contribution >= 4 is 0 Å². The molecule has 0 heterocycles. The Labute approximate surface area is 112 Å². The largest absolute Gasteiger partial charge is 0.323 e. The lowest BCUT2D eigenvalue weighted by molar-refractivity contribution is 0.188. The smallest absolute Gasteiger partial charge is 0.0358 e. The summed E-state index contributed by atoms with van der Waals surface area (Å²) < 4.78 is 0. The van der Waals surface area contributed by atoms with Crippen molar-refractivity contribution in [2.24, 2.45) is 17.1 Å². The van der Waals surface area contributed by atoms with E-state index in [0.29, 0.717) is 5.41 Å². The van der Waals surface area contributed by atoms with E-state index in [1.54, 1.807) is 0 Å². The van der Waals surface area contributed by atoms with Gasteiger partial charge in [-0.2, -0.15) is 0 Å². The van der Waals surface area contributed by atoms with Gasteiger partial charge in [-0.25, -0.2) is 0 Å². The van der Waals surface area contributed by atoms with E-state index in [0.717, 1.165) is 5.92 Å². The zero-order valence-corrected chi connectivity index (χ0v) is 12.1. The molecule has 2 unspecified atom stereocenters. The van der Waals surface area contributed by atoms with E-state index in [-0.39, 0.29) is 6.04 Å². The van der Waals surface area contributed by atoms with Crippen molar-refractivity contribution in [2.45, 2.75) is 58.9 Å². The zero-order valence-electron chi connectivity index (χ0n) is 12.1. The number of fused-ring (bicyclic) bond motifs is 1. The molecule has 100 valence electrons. The molecule has 0 saturated heterocycles. The molecule has 2 rings (SSSR count). The van der Waals surface area contributed by atoms with Crippen LogP contribution in [-0.2, 0) is 6.42 Å². The van der Waals surface area contributed by atoms with Gasteiger partial charge in [-0.1, -0.05) is 57.9 Å². The van der Waals surface area contributed by atoms with Crippen LogP contribution in [0.2, 0.25) is 0 Å². The van der Waals surface area contributed by atoms with Gasteiger partial charge < -0.3 is 5.73 Å². The van der Waals surface area contributed by atoms with Gasteiger partial charge in [0.1, 0.15) is 0 Å². The van der Waals surface area contributed by atoms with E-state index in [1.165, 1.54) is 43.2 Å². The Bertz CT molecular complexity index is 396. The van der Waals surface area contributed by atoms with Gasteiger partial charge in [-0.05, 0) is 41.7 Å². The standard InChI is InChI=1S/C17H27N/c1-4-10-17(11-9-13(2)3)12-14-7-5-6-8-15(14)16(17)18/h5-8,13,16H,4,9-12,18H2,1-3H3. The second-order valence-corrected chi connectivity index (χ2v) is 6.40. The molecule has 1 aliphatic carbocycles. The molecule has 1 aromatic rings. The van der Waals surface area contributed by atoms with Gasteiger partial charge in [0.15, 0.2) is 0 Å². The van der Waals surface area contributed by atoms with Crippen LogP contribution in [0.25, 0.3) is 0 Å². The third-order valence-corrected chi connectivity index (χ3v) is 4.56. The first-order valence-electron chi connectivity index (χ1n) is 7.42. The molecule has 18 heavy (non-hydrogen) atoms. The number of rotatable bonds is 5. The minimum atomic E-state index is 0.243. The molecule has 0 aliphatic heterocycles. The number of hydrogen-bond acceptors (Lipinski definition) is 1. The lowest BCUT2D eigenvalue weighted by Crippen LogP contribution is -2.32. The summed E-state index contributed by atoms with van der Waals surface area (Å²) in [4.78, 5) is 0. The monoisotopic (exact) mass is 245 g/mol. The average Bonchev–Trinajstić information content (AvgIpc) is 2.62. The first-order chi connectivity index (χ1) is 8.59. The normalized spacial score (nSPS) is 26.6. The summed E-state index contributed by atoms with van der Waals surface area (Å²) >= 11 is 0. The highest BCUT2D eigenvalue weighted by molar-refractivity contribution is 5.37.